The maximum absolute atomic E-state index is 12.7. The Morgan fingerprint density at radius 3 is 2.74 bits per heavy atom. The van der Waals surface area contributed by atoms with Crippen molar-refractivity contribution in [2.45, 2.75) is 26.8 Å². The number of nitrogens with zero attached hydrogens (tertiary/aromatic N) is 1. The van der Waals surface area contributed by atoms with Crippen molar-refractivity contribution in [2.75, 3.05) is 25.0 Å². The second-order valence-corrected chi connectivity index (χ2v) is 8.07. The molecule has 1 aliphatic rings. The van der Waals surface area contributed by atoms with Crippen LogP contribution >= 0.6 is 34.5 Å². The molecule has 5 nitrogen and oxygen atoms in total. The van der Waals surface area contributed by atoms with Crippen LogP contribution in [0.4, 0.5) is 5.00 Å². The van der Waals surface area contributed by atoms with E-state index >= 15 is 0 Å². The molecular formula is C19H20Cl2N2O3S. The van der Waals surface area contributed by atoms with Gasteiger partial charge in [-0.1, -0.05) is 30.1 Å². The highest BCUT2D eigenvalue weighted by atomic mass is 35.5. The molecule has 1 aromatic heterocycles. The number of benzene rings is 1. The molecule has 0 fully saturated rings. The standard InChI is InChI=1S/C19H20Cl2N2O3S/c1-3-23-8-7-13-15(10-23)27-18(16(13)19(25)26-4-2)22-17(24)12-6-5-11(20)9-14(12)21/h5-6,9H,3-4,7-8,10H2,1-2H3,(H,22,24). The molecule has 0 saturated heterocycles. The number of nitrogens with one attached hydrogen (secondary N) is 1. The Morgan fingerprint density at radius 1 is 1.30 bits per heavy atom. The predicted molar refractivity (Wildman–Crippen MR) is 109 cm³/mol. The van der Waals surface area contributed by atoms with E-state index in [4.69, 9.17) is 27.9 Å². The summed E-state index contributed by atoms with van der Waals surface area (Å²) in [6.45, 7) is 6.73. The minimum absolute atomic E-state index is 0.260. The first-order valence-corrected chi connectivity index (χ1v) is 10.3. The number of likely N-dealkylation sites (N-methyl/N-ethyl adjacent to an activating group) is 1. The van der Waals surface area contributed by atoms with Gasteiger partial charge < -0.3 is 10.1 Å². The molecule has 0 aliphatic carbocycles. The number of carbonyl (C=O) groups excluding carboxylic acids is 2. The Balaban J connectivity index is 1.95. The summed E-state index contributed by atoms with van der Waals surface area (Å²) in [5.41, 5.74) is 1.74. The average Bonchev–Trinajstić information content (AvgIpc) is 2.98. The smallest absolute Gasteiger partial charge is 0.341 e. The minimum atomic E-state index is -0.405. The molecule has 3 rings (SSSR count). The van der Waals surface area contributed by atoms with Crippen LogP contribution in [0.3, 0.4) is 0 Å². The first kappa shape index (κ1) is 20.1. The number of thiophene rings is 1. The Bertz CT molecular complexity index is 882. The summed E-state index contributed by atoms with van der Waals surface area (Å²) in [4.78, 5) is 28.7. The van der Waals surface area contributed by atoms with Crippen LogP contribution in [0.25, 0.3) is 0 Å². The summed E-state index contributed by atoms with van der Waals surface area (Å²) >= 11 is 13.5. The maximum atomic E-state index is 12.7. The van der Waals surface area contributed by atoms with Gasteiger partial charge in [-0.25, -0.2) is 4.79 Å². The third-order valence-electron chi connectivity index (χ3n) is 4.47. The molecule has 144 valence electrons. The molecule has 27 heavy (non-hydrogen) atoms. The molecule has 8 heteroatoms. The van der Waals surface area contributed by atoms with Gasteiger partial charge in [0.05, 0.1) is 22.8 Å². The first-order valence-electron chi connectivity index (χ1n) is 8.75. The maximum Gasteiger partial charge on any atom is 0.341 e. The topological polar surface area (TPSA) is 58.6 Å². The van der Waals surface area contributed by atoms with Gasteiger partial charge >= 0.3 is 5.97 Å². The minimum Gasteiger partial charge on any atom is -0.462 e. The Morgan fingerprint density at radius 2 is 2.07 bits per heavy atom. The summed E-state index contributed by atoms with van der Waals surface area (Å²) in [6, 6.07) is 4.69. The zero-order valence-corrected chi connectivity index (χ0v) is 17.4. The first-order chi connectivity index (χ1) is 12.9. The zero-order valence-electron chi connectivity index (χ0n) is 15.1. The van der Waals surface area contributed by atoms with E-state index in [0.717, 1.165) is 36.5 Å². The van der Waals surface area contributed by atoms with Gasteiger partial charge in [-0.05, 0) is 43.7 Å². The van der Waals surface area contributed by atoms with Gasteiger partial charge in [0, 0.05) is 23.0 Å². The van der Waals surface area contributed by atoms with Gasteiger partial charge in [0.2, 0.25) is 0 Å². The Kier molecular flexibility index (Phi) is 6.42. The van der Waals surface area contributed by atoms with Gasteiger partial charge in [0.15, 0.2) is 0 Å². The number of amides is 1. The summed E-state index contributed by atoms with van der Waals surface area (Å²) < 4.78 is 5.23. The van der Waals surface area contributed by atoms with Crippen LogP contribution in [0, 0.1) is 0 Å². The van der Waals surface area contributed by atoms with Crippen LogP contribution in [-0.4, -0.2) is 36.5 Å². The number of fused-ring (bicyclic) bond motifs is 1. The lowest BCUT2D eigenvalue weighted by Crippen LogP contribution is -2.30. The van der Waals surface area contributed by atoms with Crippen molar-refractivity contribution in [2.24, 2.45) is 0 Å². The molecule has 2 aromatic rings. The third-order valence-corrected chi connectivity index (χ3v) is 6.15. The molecule has 0 unspecified atom stereocenters. The summed E-state index contributed by atoms with van der Waals surface area (Å²) in [5, 5.41) is 4.07. The van der Waals surface area contributed by atoms with Gasteiger partial charge in [-0.3, -0.25) is 9.69 Å². The molecule has 0 radical (unpaired) electrons. The lowest BCUT2D eigenvalue weighted by atomic mass is 10.0. The highest BCUT2D eigenvalue weighted by molar-refractivity contribution is 7.17. The number of hydrogen-bond acceptors (Lipinski definition) is 5. The fourth-order valence-corrected chi connectivity index (χ4v) is 4.85. The number of anilines is 1. The van der Waals surface area contributed by atoms with Gasteiger partial charge in [0.25, 0.3) is 5.91 Å². The van der Waals surface area contributed by atoms with E-state index in [2.05, 4.69) is 17.1 Å². The molecule has 1 N–H and O–H groups in total. The molecule has 0 bridgehead atoms. The number of esters is 1. The monoisotopic (exact) mass is 426 g/mol. The van der Waals surface area contributed by atoms with Gasteiger partial charge in [-0.2, -0.15) is 0 Å². The summed E-state index contributed by atoms with van der Waals surface area (Å²) in [5.74, 6) is -0.786. The lowest BCUT2D eigenvalue weighted by Gasteiger charge is -2.25. The summed E-state index contributed by atoms with van der Waals surface area (Å²) in [7, 11) is 0. The van der Waals surface area contributed by atoms with E-state index in [0.29, 0.717) is 21.2 Å². The predicted octanol–water partition coefficient (Wildman–Crippen LogP) is 4.86. The largest absolute Gasteiger partial charge is 0.462 e. The van der Waals surface area contributed by atoms with Gasteiger partial charge in [0.1, 0.15) is 5.00 Å². The van der Waals surface area contributed by atoms with Crippen molar-refractivity contribution < 1.29 is 14.3 Å². The number of hydrogen-bond donors (Lipinski definition) is 1. The quantitative estimate of drug-likeness (QED) is 0.693. The number of carbonyl (C=O) groups is 2. The fraction of sp³-hybridized carbons (Fsp3) is 0.368. The molecule has 1 aliphatic heterocycles. The van der Waals surface area contributed by atoms with E-state index in [1.807, 2.05) is 0 Å². The average molecular weight is 427 g/mol. The molecular weight excluding hydrogens is 407 g/mol. The molecule has 0 saturated carbocycles. The second-order valence-electron chi connectivity index (χ2n) is 6.13. The van der Waals surface area contributed by atoms with Crippen molar-refractivity contribution in [3.63, 3.8) is 0 Å². The normalized spacial score (nSPS) is 13.9. The van der Waals surface area contributed by atoms with Crippen LogP contribution < -0.4 is 5.32 Å². The highest BCUT2D eigenvalue weighted by Gasteiger charge is 2.29. The van der Waals surface area contributed by atoms with E-state index in [1.165, 1.54) is 17.4 Å². The van der Waals surface area contributed by atoms with Crippen LogP contribution in [0.15, 0.2) is 18.2 Å². The highest BCUT2D eigenvalue weighted by Crippen LogP contribution is 2.38. The fourth-order valence-electron chi connectivity index (χ4n) is 3.08. The number of rotatable bonds is 5. The van der Waals surface area contributed by atoms with Crippen molar-refractivity contribution in [3.8, 4) is 0 Å². The van der Waals surface area contributed by atoms with Crippen LogP contribution in [0.1, 0.15) is 45.0 Å². The molecule has 1 amide bonds. The molecule has 1 aromatic carbocycles. The van der Waals surface area contributed by atoms with Crippen molar-refractivity contribution in [1.82, 2.24) is 4.90 Å². The van der Waals surface area contributed by atoms with Crippen LogP contribution in [0.5, 0.6) is 0 Å². The molecule has 0 atom stereocenters. The number of halogens is 2. The van der Waals surface area contributed by atoms with E-state index < -0.39 is 5.97 Å². The third kappa shape index (κ3) is 4.29. The SMILES string of the molecule is CCOC(=O)c1c(NC(=O)c2ccc(Cl)cc2Cl)sc2c1CCN(CC)C2. The Hall–Kier alpha value is -1.60. The van der Waals surface area contributed by atoms with E-state index in [1.54, 1.807) is 19.1 Å². The van der Waals surface area contributed by atoms with E-state index in [9.17, 15) is 9.59 Å². The lowest BCUT2D eigenvalue weighted by molar-refractivity contribution is 0.0526. The van der Waals surface area contributed by atoms with Crippen molar-refractivity contribution in [1.29, 1.82) is 0 Å². The zero-order chi connectivity index (χ0) is 19.6. The van der Waals surface area contributed by atoms with Crippen LogP contribution in [0.2, 0.25) is 10.0 Å². The van der Waals surface area contributed by atoms with E-state index in [-0.39, 0.29) is 17.5 Å². The summed E-state index contributed by atoms with van der Waals surface area (Å²) in [6.07, 6.45) is 0.755. The Labute approximate surface area is 172 Å². The second kappa shape index (κ2) is 8.61. The van der Waals surface area contributed by atoms with Gasteiger partial charge in [-0.15, -0.1) is 11.3 Å². The van der Waals surface area contributed by atoms with Crippen molar-refractivity contribution >= 4 is 51.4 Å². The number of ether oxygens (including phenoxy) is 1. The molecule has 2 heterocycles. The molecule has 0 spiro atoms. The van der Waals surface area contributed by atoms with Crippen LogP contribution in [-0.2, 0) is 17.7 Å². The van der Waals surface area contributed by atoms with Crippen molar-refractivity contribution in [3.05, 3.63) is 49.8 Å².